The standard InChI is InChI=1S/C11H13N7O5S2/c1-17-11(21)18-6-12-7(8(18)15-16-17)9(19)14-10(20)23-3-5-25-24-4-2-13-22/h6H,2-5H2,1H3,(H,14,19,20). The van der Waals surface area contributed by atoms with Crippen molar-refractivity contribution < 1.29 is 14.3 Å². The Hall–Kier alpha value is -2.48. The molecule has 2 amide bonds. The molecule has 1 N–H and O–H groups in total. The van der Waals surface area contributed by atoms with Crippen LogP contribution >= 0.6 is 21.6 Å². The molecule has 0 aliphatic heterocycles. The van der Waals surface area contributed by atoms with Crippen LogP contribution in [0.3, 0.4) is 0 Å². The van der Waals surface area contributed by atoms with Crippen molar-refractivity contribution in [2.24, 2.45) is 12.2 Å². The van der Waals surface area contributed by atoms with Crippen LogP contribution in [0.15, 0.2) is 16.3 Å². The smallest absolute Gasteiger partial charge is 0.414 e. The third kappa shape index (κ3) is 4.99. The maximum atomic E-state index is 12.0. The van der Waals surface area contributed by atoms with Crippen molar-refractivity contribution in [1.29, 1.82) is 0 Å². The second kappa shape index (κ2) is 9.12. The normalized spacial score (nSPS) is 10.6. The predicted octanol–water partition coefficient (Wildman–Crippen LogP) is -0.163. The van der Waals surface area contributed by atoms with Crippen molar-refractivity contribution in [3.63, 3.8) is 0 Å². The molecule has 0 aliphatic carbocycles. The number of amides is 2. The fraction of sp³-hybridized carbons (Fsp3) is 0.455. The van der Waals surface area contributed by atoms with Gasteiger partial charge in [-0.15, -0.1) is 5.10 Å². The van der Waals surface area contributed by atoms with Crippen LogP contribution in [0.2, 0.25) is 0 Å². The molecule has 0 aromatic carbocycles. The quantitative estimate of drug-likeness (QED) is 0.367. The van der Waals surface area contributed by atoms with Crippen LogP contribution in [-0.4, -0.2) is 61.0 Å². The molecule has 14 heteroatoms. The molecule has 134 valence electrons. The summed E-state index contributed by atoms with van der Waals surface area (Å²) in [6.07, 6.45) is 0.178. The maximum absolute atomic E-state index is 12.0. The van der Waals surface area contributed by atoms with Gasteiger partial charge in [0.2, 0.25) is 0 Å². The van der Waals surface area contributed by atoms with E-state index in [-0.39, 0.29) is 24.5 Å². The fourth-order valence-corrected chi connectivity index (χ4v) is 3.26. The number of nitrogens with zero attached hydrogens (tertiary/aromatic N) is 6. The van der Waals surface area contributed by atoms with Crippen LogP contribution < -0.4 is 11.0 Å². The molecule has 2 rings (SSSR count). The molecule has 0 radical (unpaired) electrons. The molecular weight excluding hydrogens is 374 g/mol. The van der Waals surface area contributed by atoms with E-state index in [1.54, 1.807) is 0 Å². The molecule has 25 heavy (non-hydrogen) atoms. The number of carbonyl (C=O) groups is 2. The van der Waals surface area contributed by atoms with Crippen LogP contribution in [0.1, 0.15) is 10.5 Å². The zero-order chi connectivity index (χ0) is 18.2. The molecule has 0 spiro atoms. The van der Waals surface area contributed by atoms with Gasteiger partial charge in [0.1, 0.15) is 12.9 Å². The number of imide groups is 1. The van der Waals surface area contributed by atoms with Gasteiger partial charge in [-0.1, -0.05) is 32.0 Å². The van der Waals surface area contributed by atoms with E-state index < -0.39 is 17.7 Å². The number of carbonyl (C=O) groups excluding carboxylic acids is 2. The molecule has 0 aliphatic rings. The SMILES string of the molecule is Cn1nnc2c(C(=O)NC(=O)OCCSSCCN=O)ncn2c1=O. The Morgan fingerprint density at radius 3 is 2.88 bits per heavy atom. The van der Waals surface area contributed by atoms with E-state index >= 15 is 0 Å². The Morgan fingerprint density at radius 2 is 2.12 bits per heavy atom. The van der Waals surface area contributed by atoms with Crippen LogP contribution in [0.5, 0.6) is 0 Å². The fourth-order valence-electron chi connectivity index (χ4n) is 1.59. The van der Waals surface area contributed by atoms with Gasteiger partial charge in [-0.05, 0) is 0 Å². The number of aryl methyl sites for hydroxylation is 1. The molecule has 0 unspecified atom stereocenters. The highest BCUT2D eigenvalue weighted by atomic mass is 33.1. The van der Waals surface area contributed by atoms with Gasteiger partial charge in [-0.25, -0.2) is 19.0 Å². The van der Waals surface area contributed by atoms with E-state index in [9.17, 15) is 19.3 Å². The number of nitroso groups, excluding NO2 is 1. The van der Waals surface area contributed by atoms with E-state index in [1.807, 2.05) is 5.32 Å². The van der Waals surface area contributed by atoms with Crippen LogP contribution in [0, 0.1) is 4.91 Å². The van der Waals surface area contributed by atoms with Crippen molar-refractivity contribution in [3.8, 4) is 0 Å². The molecular formula is C11H13N7O5S2. The van der Waals surface area contributed by atoms with E-state index in [2.05, 4.69) is 20.5 Å². The lowest BCUT2D eigenvalue weighted by atomic mass is 10.4. The van der Waals surface area contributed by atoms with Gasteiger partial charge in [0.05, 0.1) is 6.54 Å². The summed E-state index contributed by atoms with van der Waals surface area (Å²) in [6.45, 7) is 0.299. The molecule has 0 bridgehead atoms. The van der Waals surface area contributed by atoms with Crippen molar-refractivity contribution in [2.45, 2.75) is 0 Å². The Labute approximate surface area is 148 Å². The average molecular weight is 387 g/mol. The van der Waals surface area contributed by atoms with Crippen molar-refractivity contribution >= 4 is 39.2 Å². The first kappa shape index (κ1) is 18.9. The van der Waals surface area contributed by atoms with Crippen LogP contribution in [0.25, 0.3) is 5.65 Å². The van der Waals surface area contributed by atoms with Crippen LogP contribution in [0.4, 0.5) is 4.79 Å². The number of fused-ring (bicyclic) bond motifs is 1. The van der Waals surface area contributed by atoms with Gasteiger partial charge >= 0.3 is 11.8 Å². The maximum Gasteiger partial charge on any atom is 0.414 e. The second-order valence-corrected chi connectivity index (χ2v) is 7.07. The van der Waals surface area contributed by atoms with Crippen molar-refractivity contribution in [2.75, 3.05) is 24.7 Å². The Kier molecular flexibility index (Phi) is 6.88. The van der Waals surface area contributed by atoms with Crippen molar-refractivity contribution in [1.82, 2.24) is 29.7 Å². The molecule has 12 nitrogen and oxygen atoms in total. The molecule has 0 fully saturated rings. The molecule has 2 heterocycles. The monoisotopic (exact) mass is 387 g/mol. The van der Waals surface area contributed by atoms with Gasteiger partial charge in [0, 0.05) is 18.6 Å². The number of hydrogen-bond acceptors (Lipinski definition) is 11. The Morgan fingerprint density at radius 1 is 1.36 bits per heavy atom. The summed E-state index contributed by atoms with van der Waals surface area (Å²) >= 11 is 0. The summed E-state index contributed by atoms with van der Waals surface area (Å²) in [5.74, 6) is 0.210. The number of aromatic nitrogens is 5. The molecule has 0 saturated heterocycles. The molecule has 2 aromatic rings. The number of nitrogens with one attached hydrogen (secondary N) is 1. The van der Waals surface area contributed by atoms with E-state index in [1.165, 1.54) is 28.6 Å². The highest BCUT2D eigenvalue weighted by Crippen LogP contribution is 2.20. The minimum atomic E-state index is -0.942. The Balaban J connectivity index is 1.84. The molecule has 2 aromatic heterocycles. The molecule has 0 atom stereocenters. The number of imidazole rings is 1. The summed E-state index contributed by atoms with van der Waals surface area (Å²) in [5, 5.41) is 12.0. The summed E-state index contributed by atoms with van der Waals surface area (Å²) in [7, 11) is 4.24. The number of alkyl carbamates (subject to hydrolysis) is 1. The number of ether oxygens (including phenoxy) is 1. The highest BCUT2D eigenvalue weighted by Gasteiger charge is 2.19. The largest absolute Gasteiger partial charge is 0.448 e. The van der Waals surface area contributed by atoms with Crippen molar-refractivity contribution in [3.05, 3.63) is 27.4 Å². The van der Waals surface area contributed by atoms with Gasteiger partial charge in [0.25, 0.3) is 5.91 Å². The highest BCUT2D eigenvalue weighted by molar-refractivity contribution is 8.76. The Bertz CT molecular complexity index is 836. The average Bonchev–Trinajstić information content (AvgIpc) is 3.02. The third-order valence-electron chi connectivity index (χ3n) is 2.68. The first-order chi connectivity index (χ1) is 12.0. The van der Waals surface area contributed by atoms with E-state index in [0.29, 0.717) is 11.5 Å². The minimum absolute atomic E-state index is 0.0656. The van der Waals surface area contributed by atoms with Crippen LogP contribution in [-0.2, 0) is 11.8 Å². The van der Waals surface area contributed by atoms with Gasteiger partial charge in [-0.3, -0.25) is 10.1 Å². The summed E-state index contributed by atoms with van der Waals surface area (Å²) in [6, 6.07) is 0. The lowest BCUT2D eigenvalue weighted by molar-refractivity contribution is 0.0922. The second-order valence-electron chi connectivity index (χ2n) is 4.37. The lowest BCUT2D eigenvalue weighted by Crippen LogP contribution is -2.32. The predicted molar refractivity (Wildman–Crippen MR) is 90.4 cm³/mol. The minimum Gasteiger partial charge on any atom is -0.448 e. The van der Waals surface area contributed by atoms with E-state index in [0.717, 1.165) is 15.4 Å². The number of hydrogen-bond donors (Lipinski definition) is 1. The van der Waals surface area contributed by atoms with Gasteiger partial charge in [-0.2, -0.15) is 9.59 Å². The zero-order valence-electron chi connectivity index (χ0n) is 12.9. The summed E-state index contributed by atoms with van der Waals surface area (Å²) in [5.41, 5.74) is -0.809. The first-order valence-corrected chi connectivity index (χ1v) is 9.32. The first-order valence-electron chi connectivity index (χ1n) is 6.83. The molecule has 0 saturated carbocycles. The topological polar surface area (TPSA) is 150 Å². The van der Waals surface area contributed by atoms with Gasteiger partial charge < -0.3 is 4.74 Å². The lowest BCUT2D eigenvalue weighted by Gasteiger charge is -2.04. The third-order valence-corrected chi connectivity index (χ3v) is 5.03. The van der Waals surface area contributed by atoms with Gasteiger partial charge in [0.15, 0.2) is 11.3 Å². The number of rotatable bonds is 8. The zero-order valence-corrected chi connectivity index (χ0v) is 14.6. The summed E-state index contributed by atoms with van der Waals surface area (Å²) < 4.78 is 6.86. The van der Waals surface area contributed by atoms with E-state index in [4.69, 9.17) is 4.74 Å². The summed E-state index contributed by atoms with van der Waals surface area (Å²) in [4.78, 5) is 49.0.